The summed E-state index contributed by atoms with van der Waals surface area (Å²) in [5.74, 6) is 2.70. The van der Waals surface area contributed by atoms with E-state index in [1.165, 1.54) is 12.1 Å². The second-order valence-electron chi connectivity index (χ2n) is 4.91. The predicted molar refractivity (Wildman–Crippen MR) is 61.5 cm³/mol. The Morgan fingerprint density at radius 2 is 2.27 bits per heavy atom. The van der Waals surface area contributed by atoms with Crippen molar-refractivity contribution in [2.45, 2.75) is 46.7 Å². The molecule has 84 valence electrons. The highest BCUT2D eigenvalue weighted by Gasteiger charge is 2.25. The largest absolute Gasteiger partial charge is 0.332 e. The summed E-state index contributed by atoms with van der Waals surface area (Å²) >= 11 is 0. The van der Waals surface area contributed by atoms with Crippen LogP contribution in [-0.4, -0.2) is 9.55 Å². The molecule has 2 heterocycles. The van der Waals surface area contributed by atoms with Crippen LogP contribution >= 0.6 is 0 Å². The van der Waals surface area contributed by atoms with Crippen LogP contribution in [0, 0.1) is 18.8 Å². The lowest BCUT2D eigenvalue weighted by Crippen LogP contribution is -2.24. The summed E-state index contributed by atoms with van der Waals surface area (Å²) < 4.78 is 2.35. The molecule has 0 aliphatic carbocycles. The number of hydrogen-bond donors (Lipinski definition) is 1. The molecular formula is C12H21N3. The van der Waals surface area contributed by atoms with Gasteiger partial charge < -0.3 is 10.3 Å². The zero-order valence-corrected chi connectivity index (χ0v) is 9.95. The molecule has 3 nitrogen and oxygen atoms in total. The molecule has 0 radical (unpaired) electrons. The molecule has 1 aliphatic rings. The Kier molecular flexibility index (Phi) is 2.83. The van der Waals surface area contributed by atoms with Crippen molar-refractivity contribution in [3.8, 4) is 0 Å². The molecule has 1 aromatic heterocycles. The average molecular weight is 207 g/mol. The highest BCUT2D eigenvalue weighted by atomic mass is 15.1. The lowest BCUT2D eigenvalue weighted by molar-refractivity contribution is 0.300. The highest BCUT2D eigenvalue weighted by Crippen LogP contribution is 2.29. The summed E-state index contributed by atoms with van der Waals surface area (Å²) in [6, 6.07) is 0. The summed E-state index contributed by atoms with van der Waals surface area (Å²) in [5.41, 5.74) is 8.23. The van der Waals surface area contributed by atoms with Crippen molar-refractivity contribution in [3.05, 3.63) is 17.2 Å². The number of aromatic nitrogens is 2. The molecule has 0 amide bonds. The molecule has 1 aliphatic heterocycles. The van der Waals surface area contributed by atoms with Gasteiger partial charge in [0, 0.05) is 18.8 Å². The quantitative estimate of drug-likeness (QED) is 0.804. The van der Waals surface area contributed by atoms with Crippen LogP contribution in [0.4, 0.5) is 0 Å². The number of nitrogens with two attached hydrogens (primary N) is 1. The Morgan fingerprint density at radius 1 is 1.53 bits per heavy atom. The van der Waals surface area contributed by atoms with Gasteiger partial charge in [-0.05, 0) is 31.6 Å². The SMILES string of the molecule is Cc1nc(CN)c2n1CCC(C(C)C)C2. The van der Waals surface area contributed by atoms with Gasteiger partial charge in [-0.25, -0.2) is 4.98 Å². The van der Waals surface area contributed by atoms with Crippen molar-refractivity contribution in [3.63, 3.8) is 0 Å². The van der Waals surface area contributed by atoms with Crippen LogP contribution in [0.2, 0.25) is 0 Å². The van der Waals surface area contributed by atoms with Gasteiger partial charge >= 0.3 is 0 Å². The first-order valence-corrected chi connectivity index (χ1v) is 5.88. The molecule has 1 atom stereocenters. The highest BCUT2D eigenvalue weighted by molar-refractivity contribution is 5.19. The Hall–Kier alpha value is -0.830. The topological polar surface area (TPSA) is 43.8 Å². The van der Waals surface area contributed by atoms with Crippen molar-refractivity contribution >= 4 is 0 Å². The normalized spacial score (nSPS) is 20.7. The van der Waals surface area contributed by atoms with Crippen LogP contribution in [0.1, 0.15) is 37.5 Å². The first kappa shape index (κ1) is 10.7. The van der Waals surface area contributed by atoms with Gasteiger partial charge in [0.15, 0.2) is 0 Å². The van der Waals surface area contributed by atoms with E-state index in [2.05, 4.69) is 30.3 Å². The lowest BCUT2D eigenvalue weighted by Gasteiger charge is -2.28. The molecule has 2 rings (SSSR count). The van der Waals surface area contributed by atoms with E-state index < -0.39 is 0 Å². The Balaban J connectivity index is 2.31. The zero-order chi connectivity index (χ0) is 11.0. The Morgan fingerprint density at radius 3 is 2.87 bits per heavy atom. The van der Waals surface area contributed by atoms with Crippen molar-refractivity contribution in [2.75, 3.05) is 0 Å². The molecule has 2 N–H and O–H groups in total. The maximum Gasteiger partial charge on any atom is 0.106 e. The molecule has 0 saturated heterocycles. The van der Waals surface area contributed by atoms with Crippen LogP contribution < -0.4 is 5.73 Å². The second-order valence-corrected chi connectivity index (χ2v) is 4.91. The van der Waals surface area contributed by atoms with Crippen LogP contribution in [-0.2, 0) is 19.5 Å². The second kappa shape index (κ2) is 3.97. The molecule has 1 aromatic rings. The fourth-order valence-electron chi connectivity index (χ4n) is 2.57. The number of rotatable bonds is 2. The van der Waals surface area contributed by atoms with Gasteiger partial charge in [-0.3, -0.25) is 0 Å². The predicted octanol–water partition coefficient (Wildman–Crippen LogP) is 1.87. The molecule has 0 aromatic carbocycles. The standard InChI is InChI=1S/C12H21N3/c1-8(2)10-4-5-15-9(3)14-11(7-13)12(15)6-10/h8,10H,4-7,13H2,1-3H3. The van der Waals surface area contributed by atoms with Crippen molar-refractivity contribution in [1.29, 1.82) is 0 Å². The van der Waals surface area contributed by atoms with E-state index in [0.717, 1.165) is 36.3 Å². The van der Waals surface area contributed by atoms with Crippen molar-refractivity contribution in [2.24, 2.45) is 17.6 Å². The summed E-state index contributed by atoms with van der Waals surface area (Å²) in [5, 5.41) is 0. The Labute approximate surface area is 91.7 Å². The van der Waals surface area contributed by atoms with Gasteiger partial charge in [-0.1, -0.05) is 13.8 Å². The minimum Gasteiger partial charge on any atom is -0.332 e. The summed E-state index contributed by atoms with van der Waals surface area (Å²) in [7, 11) is 0. The van der Waals surface area contributed by atoms with Gasteiger partial charge in [-0.15, -0.1) is 0 Å². The molecular weight excluding hydrogens is 186 g/mol. The number of hydrogen-bond acceptors (Lipinski definition) is 2. The van der Waals surface area contributed by atoms with E-state index in [1.807, 2.05) is 0 Å². The number of fused-ring (bicyclic) bond motifs is 1. The van der Waals surface area contributed by atoms with Crippen LogP contribution in [0.5, 0.6) is 0 Å². The Bertz CT molecular complexity index is 352. The van der Waals surface area contributed by atoms with Crippen molar-refractivity contribution in [1.82, 2.24) is 9.55 Å². The molecule has 0 fully saturated rings. The molecule has 15 heavy (non-hydrogen) atoms. The first-order chi connectivity index (χ1) is 7.13. The van der Waals surface area contributed by atoms with Crippen molar-refractivity contribution < 1.29 is 0 Å². The summed E-state index contributed by atoms with van der Waals surface area (Å²) in [6.45, 7) is 8.40. The monoisotopic (exact) mass is 207 g/mol. The van der Waals surface area contributed by atoms with E-state index in [0.29, 0.717) is 6.54 Å². The van der Waals surface area contributed by atoms with E-state index in [4.69, 9.17) is 5.73 Å². The molecule has 0 bridgehead atoms. The molecule has 1 unspecified atom stereocenters. The first-order valence-electron chi connectivity index (χ1n) is 5.88. The van der Waals surface area contributed by atoms with Crippen LogP contribution in [0.25, 0.3) is 0 Å². The third-order valence-electron chi connectivity index (χ3n) is 3.66. The fraction of sp³-hybridized carbons (Fsp3) is 0.750. The van der Waals surface area contributed by atoms with E-state index in [1.54, 1.807) is 0 Å². The average Bonchev–Trinajstić information content (AvgIpc) is 2.55. The third kappa shape index (κ3) is 1.81. The minimum absolute atomic E-state index is 0.577. The summed E-state index contributed by atoms with van der Waals surface area (Å²) in [6.07, 6.45) is 2.44. The van der Waals surface area contributed by atoms with Gasteiger partial charge in [0.2, 0.25) is 0 Å². The number of aryl methyl sites for hydroxylation is 1. The molecule has 0 saturated carbocycles. The number of nitrogens with zero attached hydrogens (tertiary/aromatic N) is 2. The maximum absolute atomic E-state index is 5.73. The van der Waals surface area contributed by atoms with Crippen LogP contribution in [0.15, 0.2) is 0 Å². The maximum atomic E-state index is 5.73. The third-order valence-corrected chi connectivity index (χ3v) is 3.66. The summed E-state index contributed by atoms with van der Waals surface area (Å²) in [4.78, 5) is 4.54. The number of imidazole rings is 1. The van der Waals surface area contributed by atoms with Gasteiger partial charge in [0.1, 0.15) is 5.82 Å². The van der Waals surface area contributed by atoms with Gasteiger partial charge in [0.25, 0.3) is 0 Å². The molecule has 0 spiro atoms. The molecule has 3 heteroatoms. The minimum atomic E-state index is 0.577. The lowest BCUT2D eigenvalue weighted by atomic mass is 9.85. The van der Waals surface area contributed by atoms with Gasteiger partial charge in [-0.2, -0.15) is 0 Å². The van der Waals surface area contributed by atoms with Crippen LogP contribution in [0.3, 0.4) is 0 Å². The van der Waals surface area contributed by atoms with E-state index in [9.17, 15) is 0 Å². The van der Waals surface area contributed by atoms with E-state index in [-0.39, 0.29) is 0 Å². The van der Waals surface area contributed by atoms with E-state index >= 15 is 0 Å². The smallest absolute Gasteiger partial charge is 0.106 e. The fourth-order valence-corrected chi connectivity index (χ4v) is 2.57. The zero-order valence-electron chi connectivity index (χ0n) is 9.95. The van der Waals surface area contributed by atoms with Gasteiger partial charge in [0.05, 0.1) is 5.69 Å².